The van der Waals surface area contributed by atoms with Gasteiger partial charge in [0.25, 0.3) is 0 Å². The number of phosphoric ester groups is 2. The van der Waals surface area contributed by atoms with Gasteiger partial charge in [-0.05, 0) is 37.5 Å². The van der Waals surface area contributed by atoms with Gasteiger partial charge in [0.1, 0.15) is 19.3 Å². The molecule has 19 heteroatoms. The largest absolute Gasteiger partial charge is 0.472 e. The molecule has 3 N–H and O–H groups in total. The van der Waals surface area contributed by atoms with Crippen LogP contribution < -0.4 is 0 Å². The molecule has 0 aliphatic carbocycles. The number of unbranched alkanes of at least 4 members (excludes halogenated alkanes) is 56. The van der Waals surface area contributed by atoms with Crippen molar-refractivity contribution in [2.75, 3.05) is 39.6 Å². The lowest BCUT2D eigenvalue weighted by Gasteiger charge is -2.21. The molecule has 0 saturated carbocycles. The molecule has 0 bridgehead atoms. The van der Waals surface area contributed by atoms with Crippen LogP contribution in [-0.2, 0) is 65.4 Å². The molecule has 0 aromatic rings. The monoisotopic (exact) mass is 1580 g/mol. The first-order valence-corrected chi connectivity index (χ1v) is 49.1. The molecule has 0 aromatic carbocycles. The van der Waals surface area contributed by atoms with Gasteiger partial charge in [-0.2, -0.15) is 0 Å². The maximum absolute atomic E-state index is 13.2. The Bertz CT molecular complexity index is 2070. The molecule has 108 heavy (non-hydrogen) atoms. The number of aliphatic hydroxyl groups is 1. The normalized spacial score (nSPS) is 14.3. The minimum absolute atomic E-state index is 0.108. The first-order chi connectivity index (χ1) is 52.4. The summed E-state index contributed by atoms with van der Waals surface area (Å²) in [4.78, 5) is 73.4. The van der Waals surface area contributed by atoms with Crippen LogP contribution in [0.25, 0.3) is 0 Å². The number of hydrogen-bond acceptors (Lipinski definition) is 15. The molecule has 0 saturated heterocycles. The Kier molecular flexibility index (Phi) is 78.8. The molecule has 0 aromatic heterocycles. The Morgan fingerprint density at radius 3 is 0.657 bits per heavy atom. The van der Waals surface area contributed by atoms with Crippen LogP contribution in [0.3, 0.4) is 0 Å². The molecule has 0 radical (unpaired) electrons. The van der Waals surface area contributed by atoms with E-state index in [0.29, 0.717) is 25.7 Å². The lowest BCUT2D eigenvalue weighted by Crippen LogP contribution is -2.30. The van der Waals surface area contributed by atoms with Crippen LogP contribution in [0.1, 0.15) is 478 Å². The summed E-state index contributed by atoms with van der Waals surface area (Å²) in [6.45, 7) is 9.75. The highest BCUT2D eigenvalue weighted by Crippen LogP contribution is 2.45. The standard InChI is InChI=1S/C89H174O17P2/c1-7-11-13-15-17-19-21-23-25-27-29-30-32-34-40-44-48-56-62-68-73-88(93)105-84(77-99-86(91)71-65-59-53-46-42-38-36-35-37-41-45-51-57-63-69-81(5)9-3)79-103-107(95,96)101-75-83(90)76-102-108(97,98)104-80-85(78-100-87(92)72-66-60-54-50-49-52-58-64-70-82(6)10-4)106-89(94)74-67-61-55-47-43-39-33-31-28-26-24-22-20-18-16-14-12-8-2/h81-85,90H,7-80H2,1-6H3,(H,95,96)(H,97,98)/t81?,82?,83-,84-,85-/m1/s1. The Morgan fingerprint density at radius 2 is 0.444 bits per heavy atom. The predicted molar refractivity (Wildman–Crippen MR) is 446 cm³/mol. The number of carbonyl (C=O) groups is 4. The first-order valence-electron chi connectivity index (χ1n) is 46.1. The average molecular weight is 1580 g/mol. The molecular weight excluding hydrogens is 1400 g/mol. The van der Waals surface area contributed by atoms with Crippen molar-refractivity contribution in [1.82, 2.24) is 0 Å². The summed E-state index contributed by atoms with van der Waals surface area (Å²) in [6.07, 6.45) is 73.5. The van der Waals surface area contributed by atoms with Crippen LogP contribution in [0.5, 0.6) is 0 Å². The maximum Gasteiger partial charge on any atom is 0.472 e. The van der Waals surface area contributed by atoms with E-state index in [4.69, 9.17) is 37.0 Å². The highest BCUT2D eigenvalue weighted by molar-refractivity contribution is 7.47. The second kappa shape index (κ2) is 80.3. The summed E-state index contributed by atoms with van der Waals surface area (Å²) in [6, 6.07) is 0. The van der Waals surface area contributed by atoms with Crippen molar-refractivity contribution in [3.63, 3.8) is 0 Å². The number of esters is 4. The SMILES string of the molecule is CCCCCCCCCCCCCCCCCCCCCCC(=O)O[C@H](COC(=O)CCCCCCCCCCCCCCCCC(C)CC)COP(=O)(O)OC[C@@H](O)COP(=O)(O)OC[C@@H](COC(=O)CCCCCCCCCCC(C)CC)OC(=O)CCCCCCCCCCCCCCCCCCCC. The lowest BCUT2D eigenvalue weighted by molar-refractivity contribution is -0.161. The van der Waals surface area contributed by atoms with E-state index in [1.807, 2.05) is 0 Å². The van der Waals surface area contributed by atoms with Gasteiger partial charge in [-0.15, -0.1) is 0 Å². The Balaban J connectivity index is 5.26. The van der Waals surface area contributed by atoms with Gasteiger partial charge in [-0.25, -0.2) is 9.13 Å². The van der Waals surface area contributed by atoms with Crippen molar-refractivity contribution >= 4 is 39.5 Å². The highest BCUT2D eigenvalue weighted by Gasteiger charge is 2.31. The van der Waals surface area contributed by atoms with Crippen LogP contribution in [0, 0.1) is 11.8 Å². The van der Waals surface area contributed by atoms with Crippen molar-refractivity contribution in [2.45, 2.75) is 496 Å². The summed E-state index contributed by atoms with van der Waals surface area (Å²) >= 11 is 0. The van der Waals surface area contributed by atoms with Crippen LogP contribution >= 0.6 is 15.6 Å². The zero-order chi connectivity index (χ0) is 79.2. The van der Waals surface area contributed by atoms with E-state index in [1.54, 1.807) is 0 Å². The van der Waals surface area contributed by atoms with E-state index in [1.165, 1.54) is 295 Å². The van der Waals surface area contributed by atoms with Crippen molar-refractivity contribution in [1.29, 1.82) is 0 Å². The molecule has 0 aliphatic heterocycles. The maximum atomic E-state index is 13.2. The second-order valence-electron chi connectivity index (χ2n) is 32.5. The molecule has 17 nitrogen and oxygen atoms in total. The van der Waals surface area contributed by atoms with Crippen LogP contribution in [0.4, 0.5) is 0 Å². The van der Waals surface area contributed by atoms with E-state index in [2.05, 4.69) is 41.5 Å². The van der Waals surface area contributed by atoms with Crippen molar-refractivity contribution in [3.8, 4) is 0 Å². The highest BCUT2D eigenvalue weighted by atomic mass is 31.2. The van der Waals surface area contributed by atoms with Gasteiger partial charge >= 0.3 is 39.5 Å². The third-order valence-electron chi connectivity index (χ3n) is 21.7. The zero-order valence-electron chi connectivity index (χ0n) is 71.2. The molecule has 0 rings (SSSR count). The van der Waals surface area contributed by atoms with E-state index in [0.717, 1.165) is 102 Å². The summed E-state index contributed by atoms with van der Waals surface area (Å²) in [5.74, 6) is -0.470. The molecule has 642 valence electrons. The number of carbonyl (C=O) groups excluding carboxylic acids is 4. The zero-order valence-corrected chi connectivity index (χ0v) is 73.0. The predicted octanol–water partition coefficient (Wildman–Crippen LogP) is 27.4. The minimum atomic E-state index is -4.97. The third kappa shape index (κ3) is 79.3. The van der Waals surface area contributed by atoms with Gasteiger partial charge in [0.05, 0.1) is 26.4 Å². The van der Waals surface area contributed by atoms with Crippen molar-refractivity contribution in [3.05, 3.63) is 0 Å². The molecule has 0 spiro atoms. The van der Waals surface area contributed by atoms with E-state index in [-0.39, 0.29) is 25.7 Å². The number of ether oxygens (including phenoxy) is 4. The number of hydrogen-bond donors (Lipinski definition) is 3. The van der Waals surface area contributed by atoms with Gasteiger partial charge in [0.2, 0.25) is 0 Å². The van der Waals surface area contributed by atoms with Gasteiger partial charge in [-0.1, -0.05) is 427 Å². The first kappa shape index (κ1) is 106. The summed E-state index contributed by atoms with van der Waals surface area (Å²) in [5.41, 5.74) is 0. The molecule has 0 aliphatic rings. The van der Waals surface area contributed by atoms with Gasteiger partial charge in [-0.3, -0.25) is 37.3 Å². The van der Waals surface area contributed by atoms with Crippen LogP contribution in [0.15, 0.2) is 0 Å². The summed E-state index contributed by atoms with van der Waals surface area (Å²) in [5, 5.41) is 10.7. The quantitative estimate of drug-likeness (QED) is 0.0222. The Morgan fingerprint density at radius 1 is 0.259 bits per heavy atom. The number of rotatable bonds is 88. The topological polar surface area (TPSA) is 237 Å². The van der Waals surface area contributed by atoms with Crippen molar-refractivity contribution < 1.29 is 80.2 Å². The van der Waals surface area contributed by atoms with Gasteiger partial charge < -0.3 is 33.8 Å². The van der Waals surface area contributed by atoms with Crippen LogP contribution in [0.2, 0.25) is 0 Å². The molecule has 7 atom stereocenters. The van der Waals surface area contributed by atoms with E-state index >= 15 is 0 Å². The van der Waals surface area contributed by atoms with Crippen LogP contribution in [-0.4, -0.2) is 96.7 Å². The fraction of sp³-hybridized carbons (Fsp3) is 0.955. The minimum Gasteiger partial charge on any atom is -0.462 e. The van der Waals surface area contributed by atoms with Crippen molar-refractivity contribution in [2.24, 2.45) is 11.8 Å². The van der Waals surface area contributed by atoms with Gasteiger partial charge in [0, 0.05) is 25.7 Å². The average Bonchev–Trinajstić information content (AvgIpc) is 0.902. The fourth-order valence-electron chi connectivity index (χ4n) is 13.9. The third-order valence-corrected chi connectivity index (χ3v) is 23.6. The fourth-order valence-corrected chi connectivity index (χ4v) is 15.5. The Hall–Kier alpha value is -1.94. The molecule has 0 heterocycles. The lowest BCUT2D eigenvalue weighted by atomic mass is 9.99. The second-order valence-corrected chi connectivity index (χ2v) is 35.4. The molecule has 4 unspecified atom stereocenters. The van der Waals surface area contributed by atoms with E-state index < -0.39 is 97.5 Å². The smallest absolute Gasteiger partial charge is 0.462 e. The van der Waals surface area contributed by atoms with E-state index in [9.17, 15) is 43.2 Å². The summed E-state index contributed by atoms with van der Waals surface area (Å²) in [7, 11) is -9.93. The molecule has 0 fully saturated rings. The molecular formula is C89H174O17P2. The van der Waals surface area contributed by atoms with Gasteiger partial charge in [0.15, 0.2) is 12.2 Å². The Labute approximate surface area is 664 Å². The summed E-state index contributed by atoms with van der Waals surface area (Å²) < 4.78 is 69.0. The molecule has 0 amide bonds. The number of phosphoric acid groups is 2. The number of aliphatic hydroxyl groups excluding tert-OH is 1.